The van der Waals surface area contributed by atoms with Crippen molar-refractivity contribution in [2.75, 3.05) is 12.3 Å². The molecule has 0 bridgehead atoms. The summed E-state index contributed by atoms with van der Waals surface area (Å²) in [5.41, 5.74) is 1.93. The average molecular weight is 309 g/mol. The van der Waals surface area contributed by atoms with Gasteiger partial charge < -0.3 is 14.6 Å². The molecule has 1 aliphatic carbocycles. The number of rotatable bonds is 6. The molecule has 0 unspecified atom stereocenters. The van der Waals surface area contributed by atoms with Crippen molar-refractivity contribution in [3.63, 3.8) is 0 Å². The molecule has 6 heteroatoms. The molecule has 21 heavy (non-hydrogen) atoms. The molecule has 2 rings (SSSR count). The van der Waals surface area contributed by atoms with Crippen LogP contribution in [0.4, 0.5) is 0 Å². The first kappa shape index (κ1) is 16.1. The van der Waals surface area contributed by atoms with E-state index in [1.165, 1.54) is 30.3 Å². The third kappa shape index (κ3) is 3.89. The zero-order valence-electron chi connectivity index (χ0n) is 12.7. The Morgan fingerprint density at radius 2 is 2.33 bits per heavy atom. The molecule has 1 N–H and O–H groups in total. The van der Waals surface area contributed by atoms with Crippen LogP contribution in [0, 0.1) is 0 Å². The van der Waals surface area contributed by atoms with E-state index in [2.05, 4.69) is 11.1 Å². The summed E-state index contributed by atoms with van der Waals surface area (Å²) in [7, 11) is 1.85. The molecule has 1 amide bonds. The summed E-state index contributed by atoms with van der Waals surface area (Å²) in [4.78, 5) is 18.5. The molecule has 1 aliphatic rings. The standard InChI is InChI=1S/C15H23N3O2S/c1-3-18(12-7-5-4-6-8-12)14(20)11-21-15-16-9-13(10-19)17(15)2/h7,9,19H,3-6,8,10-11H2,1-2H3. The van der Waals surface area contributed by atoms with Gasteiger partial charge in [0.25, 0.3) is 0 Å². The quantitative estimate of drug-likeness (QED) is 0.819. The Kier molecular flexibility index (Phi) is 5.87. The number of carbonyl (C=O) groups excluding carboxylic acids is 1. The highest BCUT2D eigenvalue weighted by molar-refractivity contribution is 7.99. The van der Waals surface area contributed by atoms with Crippen LogP contribution in [0.3, 0.4) is 0 Å². The van der Waals surface area contributed by atoms with E-state index in [0.29, 0.717) is 12.3 Å². The first-order valence-electron chi connectivity index (χ1n) is 7.41. The second-order valence-electron chi connectivity index (χ2n) is 5.12. The number of hydrogen-bond acceptors (Lipinski definition) is 4. The van der Waals surface area contributed by atoms with E-state index < -0.39 is 0 Å². The van der Waals surface area contributed by atoms with E-state index in [4.69, 9.17) is 5.11 Å². The van der Waals surface area contributed by atoms with Crippen LogP contribution in [0.25, 0.3) is 0 Å². The molecule has 1 heterocycles. The first-order valence-corrected chi connectivity index (χ1v) is 8.39. The average Bonchev–Trinajstić information content (AvgIpc) is 2.87. The Balaban J connectivity index is 1.96. The monoisotopic (exact) mass is 309 g/mol. The Hall–Kier alpha value is -1.27. The topological polar surface area (TPSA) is 58.4 Å². The summed E-state index contributed by atoms with van der Waals surface area (Å²) >= 11 is 1.42. The molecule has 0 aliphatic heterocycles. The van der Waals surface area contributed by atoms with E-state index in [-0.39, 0.29) is 12.5 Å². The number of thioether (sulfide) groups is 1. The van der Waals surface area contributed by atoms with Gasteiger partial charge in [-0.2, -0.15) is 0 Å². The zero-order chi connectivity index (χ0) is 15.2. The largest absolute Gasteiger partial charge is 0.390 e. The first-order chi connectivity index (χ1) is 10.2. The maximum atomic E-state index is 12.4. The lowest BCUT2D eigenvalue weighted by Crippen LogP contribution is -2.32. The third-order valence-electron chi connectivity index (χ3n) is 3.76. The normalized spacial score (nSPS) is 14.9. The number of hydrogen-bond donors (Lipinski definition) is 1. The molecule has 0 aromatic carbocycles. The molecular weight excluding hydrogens is 286 g/mol. The van der Waals surface area contributed by atoms with Crippen LogP contribution in [0.5, 0.6) is 0 Å². The van der Waals surface area contributed by atoms with Crippen LogP contribution in [-0.2, 0) is 18.4 Å². The second-order valence-corrected chi connectivity index (χ2v) is 6.06. The number of carbonyl (C=O) groups is 1. The second kappa shape index (κ2) is 7.66. The predicted molar refractivity (Wildman–Crippen MR) is 83.8 cm³/mol. The van der Waals surface area contributed by atoms with Gasteiger partial charge in [-0.15, -0.1) is 0 Å². The maximum Gasteiger partial charge on any atom is 0.237 e. The summed E-state index contributed by atoms with van der Waals surface area (Å²) in [6.45, 7) is 2.70. The van der Waals surface area contributed by atoms with Crippen molar-refractivity contribution >= 4 is 17.7 Å². The number of nitrogens with zero attached hydrogens (tertiary/aromatic N) is 3. The van der Waals surface area contributed by atoms with Crippen LogP contribution in [-0.4, -0.2) is 37.8 Å². The third-order valence-corrected chi connectivity index (χ3v) is 4.79. The van der Waals surface area contributed by atoms with E-state index in [1.807, 2.05) is 23.4 Å². The minimum atomic E-state index is -0.0357. The van der Waals surface area contributed by atoms with Crippen molar-refractivity contribution in [2.45, 2.75) is 44.4 Å². The van der Waals surface area contributed by atoms with E-state index in [1.54, 1.807) is 6.20 Å². The predicted octanol–water partition coefficient (Wildman–Crippen LogP) is 2.31. The molecule has 1 aromatic heterocycles. The molecule has 5 nitrogen and oxygen atoms in total. The van der Waals surface area contributed by atoms with Gasteiger partial charge in [-0.05, 0) is 32.6 Å². The Labute approximate surface area is 130 Å². The number of amides is 1. The summed E-state index contributed by atoms with van der Waals surface area (Å²) in [6.07, 6.45) is 8.31. The van der Waals surface area contributed by atoms with E-state index in [9.17, 15) is 4.79 Å². The Morgan fingerprint density at radius 3 is 2.90 bits per heavy atom. The van der Waals surface area contributed by atoms with Gasteiger partial charge in [0.15, 0.2) is 5.16 Å². The van der Waals surface area contributed by atoms with Crippen molar-refractivity contribution in [1.82, 2.24) is 14.5 Å². The lowest BCUT2D eigenvalue weighted by atomic mass is 10.0. The van der Waals surface area contributed by atoms with Crippen LogP contribution < -0.4 is 0 Å². The van der Waals surface area contributed by atoms with E-state index >= 15 is 0 Å². The van der Waals surface area contributed by atoms with Crippen LogP contribution >= 0.6 is 11.8 Å². The van der Waals surface area contributed by atoms with Crippen molar-refractivity contribution in [3.05, 3.63) is 23.7 Å². The molecule has 0 fully saturated rings. The minimum Gasteiger partial charge on any atom is -0.390 e. The molecule has 0 atom stereocenters. The smallest absolute Gasteiger partial charge is 0.237 e. The fraction of sp³-hybridized carbons (Fsp3) is 0.600. The lowest BCUT2D eigenvalue weighted by molar-refractivity contribution is -0.126. The number of aliphatic hydroxyl groups is 1. The zero-order valence-corrected chi connectivity index (χ0v) is 13.5. The van der Waals surface area contributed by atoms with Gasteiger partial charge in [0.05, 0.1) is 24.3 Å². The van der Waals surface area contributed by atoms with Crippen molar-refractivity contribution < 1.29 is 9.90 Å². The molecular formula is C15H23N3O2S. The van der Waals surface area contributed by atoms with Gasteiger partial charge >= 0.3 is 0 Å². The number of allylic oxidation sites excluding steroid dienone is 2. The van der Waals surface area contributed by atoms with Gasteiger partial charge in [-0.3, -0.25) is 4.79 Å². The Bertz CT molecular complexity index is 525. The highest BCUT2D eigenvalue weighted by atomic mass is 32.2. The number of aromatic nitrogens is 2. The summed E-state index contributed by atoms with van der Waals surface area (Å²) in [5, 5.41) is 9.92. The molecule has 1 aromatic rings. The van der Waals surface area contributed by atoms with Crippen LogP contribution in [0.2, 0.25) is 0 Å². The lowest BCUT2D eigenvalue weighted by Gasteiger charge is -2.26. The fourth-order valence-electron chi connectivity index (χ4n) is 2.52. The van der Waals surface area contributed by atoms with Crippen molar-refractivity contribution in [3.8, 4) is 0 Å². The molecule has 0 saturated carbocycles. The van der Waals surface area contributed by atoms with Crippen molar-refractivity contribution in [2.24, 2.45) is 7.05 Å². The summed E-state index contributed by atoms with van der Waals surface area (Å²) < 4.78 is 1.83. The number of aliphatic hydroxyl groups excluding tert-OH is 1. The van der Waals surface area contributed by atoms with Gasteiger partial charge in [-0.25, -0.2) is 4.98 Å². The summed E-state index contributed by atoms with van der Waals surface area (Å²) in [6, 6.07) is 0. The minimum absolute atomic E-state index is 0.0357. The Morgan fingerprint density at radius 1 is 1.52 bits per heavy atom. The van der Waals surface area contributed by atoms with Gasteiger partial charge in [0.2, 0.25) is 5.91 Å². The molecule has 0 spiro atoms. The van der Waals surface area contributed by atoms with Crippen LogP contribution in [0.15, 0.2) is 23.1 Å². The molecule has 116 valence electrons. The SMILES string of the molecule is CCN(C(=O)CSc1ncc(CO)n1C)C1=CCCCC1. The van der Waals surface area contributed by atoms with E-state index in [0.717, 1.165) is 23.7 Å². The fourth-order valence-corrected chi connectivity index (χ4v) is 3.36. The molecule has 0 radical (unpaired) electrons. The summed E-state index contributed by atoms with van der Waals surface area (Å²) in [5.74, 6) is 0.505. The van der Waals surface area contributed by atoms with Crippen molar-refractivity contribution in [1.29, 1.82) is 0 Å². The van der Waals surface area contributed by atoms with Gasteiger partial charge in [0.1, 0.15) is 0 Å². The molecule has 0 saturated heterocycles. The highest BCUT2D eigenvalue weighted by Gasteiger charge is 2.18. The van der Waals surface area contributed by atoms with Gasteiger partial charge in [0, 0.05) is 19.3 Å². The van der Waals surface area contributed by atoms with Gasteiger partial charge in [-0.1, -0.05) is 17.8 Å². The number of imidazole rings is 1. The van der Waals surface area contributed by atoms with Crippen LogP contribution in [0.1, 0.15) is 38.3 Å². The highest BCUT2D eigenvalue weighted by Crippen LogP contribution is 2.23. The maximum absolute atomic E-state index is 12.4.